The minimum absolute atomic E-state index is 0.949. The van der Waals surface area contributed by atoms with Crippen LogP contribution in [0.3, 0.4) is 0 Å². The summed E-state index contributed by atoms with van der Waals surface area (Å²) in [6.45, 7) is 5.06. The molecule has 2 heterocycles. The first kappa shape index (κ1) is 7.31. The molecule has 1 N–H and O–H groups in total. The lowest BCUT2D eigenvalue weighted by molar-refractivity contribution is 0.473. The molecule has 0 saturated heterocycles. The Hall–Kier alpha value is -0.350. The number of nitrogens with zero attached hydrogens (tertiary/aromatic N) is 2. The van der Waals surface area contributed by atoms with E-state index in [1.807, 2.05) is 0 Å². The van der Waals surface area contributed by atoms with Crippen molar-refractivity contribution in [3.05, 3.63) is 15.9 Å². The number of hydrogen-bond acceptors (Lipinski definition) is 2. The molecule has 0 amide bonds. The van der Waals surface area contributed by atoms with E-state index in [0.29, 0.717) is 0 Å². The summed E-state index contributed by atoms with van der Waals surface area (Å²) in [4.78, 5) is 0. The highest BCUT2D eigenvalue weighted by Crippen LogP contribution is 2.19. The summed E-state index contributed by atoms with van der Waals surface area (Å²) < 4.78 is 3.05. The quantitative estimate of drug-likeness (QED) is 0.702. The molecular weight excluding hydrogens is 206 g/mol. The molecule has 4 heteroatoms. The summed E-state index contributed by atoms with van der Waals surface area (Å²) in [5.74, 6) is 0. The van der Waals surface area contributed by atoms with Gasteiger partial charge in [-0.05, 0) is 22.9 Å². The first-order valence-corrected chi connectivity index (χ1v) is 4.51. The SMILES string of the molecule is Cc1c(Br)nn2c1CNCC2. The van der Waals surface area contributed by atoms with Crippen LogP contribution in [-0.4, -0.2) is 16.3 Å². The van der Waals surface area contributed by atoms with Crippen molar-refractivity contribution in [2.24, 2.45) is 0 Å². The first-order chi connectivity index (χ1) is 5.29. The Morgan fingerprint density at radius 3 is 3.18 bits per heavy atom. The van der Waals surface area contributed by atoms with Crippen molar-refractivity contribution in [1.29, 1.82) is 0 Å². The van der Waals surface area contributed by atoms with E-state index in [9.17, 15) is 0 Å². The smallest absolute Gasteiger partial charge is 0.131 e. The molecular formula is C7H10BrN3. The molecule has 0 unspecified atom stereocenters. The molecule has 1 aliphatic rings. The van der Waals surface area contributed by atoms with Crippen LogP contribution >= 0.6 is 15.9 Å². The first-order valence-electron chi connectivity index (χ1n) is 3.71. The van der Waals surface area contributed by atoms with E-state index in [0.717, 1.165) is 24.2 Å². The predicted molar refractivity (Wildman–Crippen MR) is 46.4 cm³/mol. The fraction of sp³-hybridized carbons (Fsp3) is 0.571. The number of halogens is 1. The van der Waals surface area contributed by atoms with Crippen LogP contribution < -0.4 is 5.32 Å². The van der Waals surface area contributed by atoms with Gasteiger partial charge < -0.3 is 5.32 Å². The van der Waals surface area contributed by atoms with Gasteiger partial charge in [0.2, 0.25) is 0 Å². The van der Waals surface area contributed by atoms with Crippen molar-refractivity contribution in [2.45, 2.75) is 20.0 Å². The standard InChI is InChI=1S/C7H10BrN3/c1-5-6-4-9-2-3-11(6)10-7(5)8/h9H,2-4H2,1H3. The van der Waals surface area contributed by atoms with Crippen molar-refractivity contribution in [3.63, 3.8) is 0 Å². The molecule has 0 fully saturated rings. The molecule has 0 atom stereocenters. The Kier molecular flexibility index (Phi) is 1.73. The van der Waals surface area contributed by atoms with E-state index in [1.165, 1.54) is 11.3 Å². The van der Waals surface area contributed by atoms with E-state index in [4.69, 9.17) is 0 Å². The van der Waals surface area contributed by atoms with Gasteiger partial charge >= 0.3 is 0 Å². The van der Waals surface area contributed by atoms with E-state index in [1.54, 1.807) is 0 Å². The maximum atomic E-state index is 4.34. The molecule has 1 aromatic rings. The maximum absolute atomic E-state index is 4.34. The Labute approximate surface area is 73.9 Å². The van der Waals surface area contributed by atoms with Crippen LogP contribution in [0.2, 0.25) is 0 Å². The predicted octanol–water partition coefficient (Wildman–Crippen LogP) is 1.06. The fourth-order valence-corrected chi connectivity index (χ4v) is 1.77. The maximum Gasteiger partial charge on any atom is 0.131 e. The molecule has 0 bridgehead atoms. The van der Waals surface area contributed by atoms with Crippen molar-refractivity contribution < 1.29 is 0 Å². The second-order valence-electron chi connectivity index (χ2n) is 2.76. The zero-order valence-electron chi connectivity index (χ0n) is 6.39. The van der Waals surface area contributed by atoms with Gasteiger partial charge in [-0.3, -0.25) is 4.68 Å². The number of nitrogens with one attached hydrogen (secondary N) is 1. The molecule has 1 aliphatic heterocycles. The van der Waals surface area contributed by atoms with Crippen LogP contribution in [0, 0.1) is 6.92 Å². The van der Waals surface area contributed by atoms with Gasteiger partial charge in [0.25, 0.3) is 0 Å². The van der Waals surface area contributed by atoms with Crippen molar-refractivity contribution >= 4 is 15.9 Å². The Bertz CT molecular complexity index is 279. The molecule has 11 heavy (non-hydrogen) atoms. The van der Waals surface area contributed by atoms with E-state index in [-0.39, 0.29) is 0 Å². The Morgan fingerprint density at radius 2 is 2.45 bits per heavy atom. The fourth-order valence-electron chi connectivity index (χ4n) is 1.35. The molecule has 0 aliphatic carbocycles. The minimum atomic E-state index is 0.949. The molecule has 0 spiro atoms. The van der Waals surface area contributed by atoms with Gasteiger partial charge in [-0.25, -0.2) is 0 Å². The van der Waals surface area contributed by atoms with Gasteiger partial charge in [-0.15, -0.1) is 0 Å². The summed E-state index contributed by atoms with van der Waals surface area (Å²) in [5.41, 5.74) is 2.57. The molecule has 0 saturated carbocycles. The van der Waals surface area contributed by atoms with E-state index in [2.05, 4.69) is 38.0 Å². The van der Waals surface area contributed by atoms with Crippen LogP contribution in [0.4, 0.5) is 0 Å². The van der Waals surface area contributed by atoms with E-state index >= 15 is 0 Å². The third-order valence-electron chi connectivity index (χ3n) is 2.06. The minimum Gasteiger partial charge on any atom is -0.309 e. The van der Waals surface area contributed by atoms with Gasteiger partial charge in [0.15, 0.2) is 0 Å². The van der Waals surface area contributed by atoms with Crippen molar-refractivity contribution in [3.8, 4) is 0 Å². The highest BCUT2D eigenvalue weighted by Gasteiger charge is 2.14. The highest BCUT2D eigenvalue weighted by atomic mass is 79.9. The van der Waals surface area contributed by atoms with Crippen molar-refractivity contribution in [1.82, 2.24) is 15.1 Å². The zero-order valence-corrected chi connectivity index (χ0v) is 7.98. The van der Waals surface area contributed by atoms with E-state index < -0.39 is 0 Å². The second kappa shape index (κ2) is 2.60. The number of aromatic nitrogens is 2. The topological polar surface area (TPSA) is 29.9 Å². The van der Waals surface area contributed by atoms with Gasteiger partial charge in [-0.2, -0.15) is 5.10 Å². The monoisotopic (exact) mass is 215 g/mol. The lowest BCUT2D eigenvalue weighted by Crippen LogP contribution is -2.28. The van der Waals surface area contributed by atoms with Crippen LogP contribution in [0.1, 0.15) is 11.3 Å². The largest absolute Gasteiger partial charge is 0.309 e. The van der Waals surface area contributed by atoms with Gasteiger partial charge in [0, 0.05) is 18.7 Å². The highest BCUT2D eigenvalue weighted by molar-refractivity contribution is 9.10. The number of rotatable bonds is 0. The van der Waals surface area contributed by atoms with Crippen LogP contribution in [0.25, 0.3) is 0 Å². The summed E-state index contributed by atoms with van der Waals surface area (Å²) >= 11 is 3.42. The average Bonchev–Trinajstić information content (AvgIpc) is 2.30. The van der Waals surface area contributed by atoms with Crippen LogP contribution in [-0.2, 0) is 13.1 Å². The zero-order chi connectivity index (χ0) is 7.84. The number of fused-ring (bicyclic) bond motifs is 1. The third kappa shape index (κ3) is 1.10. The molecule has 60 valence electrons. The van der Waals surface area contributed by atoms with Crippen LogP contribution in [0.5, 0.6) is 0 Å². The molecule has 2 rings (SSSR count). The van der Waals surface area contributed by atoms with Gasteiger partial charge in [0.1, 0.15) is 4.60 Å². The second-order valence-corrected chi connectivity index (χ2v) is 3.51. The summed E-state index contributed by atoms with van der Waals surface area (Å²) in [6, 6.07) is 0. The summed E-state index contributed by atoms with van der Waals surface area (Å²) in [6.07, 6.45) is 0. The van der Waals surface area contributed by atoms with Gasteiger partial charge in [-0.1, -0.05) is 0 Å². The average molecular weight is 216 g/mol. The Balaban J connectivity index is 2.50. The van der Waals surface area contributed by atoms with Gasteiger partial charge in [0.05, 0.1) is 12.2 Å². The lowest BCUT2D eigenvalue weighted by Gasteiger charge is -2.14. The summed E-state index contributed by atoms with van der Waals surface area (Å²) in [7, 11) is 0. The normalized spacial score (nSPS) is 16.5. The molecule has 1 aromatic heterocycles. The van der Waals surface area contributed by atoms with Crippen molar-refractivity contribution in [2.75, 3.05) is 6.54 Å². The summed E-state index contributed by atoms with van der Waals surface area (Å²) in [5, 5.41) is 7.66. The van der Waals surface area contributed by atoms with Crippen LogP contribution in [0.15, 0.2) is 4.60 Å². The Morgan fingerprint density at radius 1 is 1.64 bits per heavy atom. The number of hydrogen-bond donors (Lipinski definition) is 1. The third-order valence-corrected chi connectivity index (χ3v) is 2.81. The molecule has 3 nitrogen and oxygen atoms in total. The lowest BCUT2D eigenvalue weighted by atomic mass is 10.2. The molecule has 0 radical (unpaired) electrons. The molecule has 0 aromatic carbocycles.